The third kappa shape index (κ3) is 11.7. The number of nitrogens with one attached hydrogen (secondary N) is 3. The first-order valence-corrected chi connectivity index (χ1v) is 20.9. The van der Waals surface area contributed by atoms with Crippen molar-refractivity contribution in [3.8, 4) is 0 Å². The average Bonchev–Trinajstić information content (AvgIpc) is 3.88. The number of methoxy groups -OCH3 is 2. The molecule has 3 rings (SSSR count). The van der Waals surface area contributed by atoms with Crippen LogP contribution in [-0.4, -0.2) is 121 Å². The molecule has 0 unspecified atom stereocenters. The number of carbonyl (C=O) groups is 4. The second kappa shape index (κ2) is 21.2. The smallest absolute Gasteiger partial charge is 0.246 e. The number of likely N-dealkylation sites (N-methyl/N-ethyl adjacent to an activating group) is 2. The van der Waals surface area contributed by atoms with Gasteiger partial charge in [0, 0.05) is 45.1 Å². The number of nitrogens with zero attached hydrogens (tertiary/aromatic N) is 3. The van der Waals surface area contributed by atoms with Crippen LogP contribution in [0.2, 0.25) is 0 Å². The number of amides is 4. The molecular formula is C39H62N6O6S2. The molecule has 1 fully saturated rings. The minimum absolute atomic E-state index is 0.00688. The van der Waals surface area contributed by atoms with Crippen LogP contribution in [-0.2, 0) is 35.1 Å². The van der Waals surface area contributed by atoms with Crippen molar-refractivity contribution < 1.29 is 28.7 Å². The largest absolute Gasteiger partial charge is 0.379 e. The third-order valence-corrected chi connectivity index (χ3v) is 12.3. The number of aromatic nitrogens is 1. The third-order valence-electron chi connectivity index (χ3n) is 10.7. The van der Waals surface area contributed by atoms with E-state index in [1.165, 1.54) is 23.1 Å². The lowest BCUT2D eigenvalue weighted by molar-refractivity contribution is -0.147. The van der Waals surface area contributed by atoms with Gasteiger partial charge in [-0.2, -0.15) is 11.8 Å². The van der Waals surface area contributed by atoms with Gasteiger partial charge in [0.1, 0.15) is 11.0 Å². The van der Waals surface area contributed by atoms with Gasteiger partial charge in [0.05, 0.1) is 48.2 Å². The van der Waals surface area contributed by atoms with E-state index < -0.39 is 35.7 Å². The number of ether oxygens (including phenoxy) is 2. The Balaban J connectivity index is 1.78. The standard InChI is InChI=1S/C39H62N6O6S2/c1-11-25(2)33(44(7)37(48)29(24-52-10)43-38(49)39(4,5)40-6)31(50-8)23-32(46)45-20-15-18-30(45)34(51-9)26(3)35(47)42-28(36-41-19-21-53-36)22-27-16-13-12-14-17-27/h12-14,16-17,19,21,25-26,28-31,33-34,40H,11,15,18,20,22-24H2,1-10H3,(H,42,47)(H,43,49)/t25-,26+,28-,29-,30-,31+,33-,34+/m0/s1. The lowest BCUT2D eigenvalue weighted by atomic mass is 9.90. The molecule has 0 radical (unpaired) electrons. The van der Waals surface area contributed by atoms with Crippen LogP contribution in [0.15, 0.2) is 41.9 Å². The number of thioether (sulfide) groups is 1. The topological polar surface area (TPSA) is 142 Å². The molecular weight excluding hydrogens is 713 g/mol. The van der Waals surface area contributed by atoms with Crippen molar-refractivity contribution in [2.24, 2.45) is 11.8 Å². The summed E-state index contributed by atoms with van der Waals surface area (Å²) < 4.78 is 12.0. The van der Waals surface area contributed by atoms with Gasteiger partial charge in [0.25, 0.3) is 0 Å². The van der Waals surface area contributed by atoms with E-state index in [1.54, 1.807) is 53.3 Å². The van der Waals surface area contributed by atoms with Crippen LogP contribution in [0, 0.1) is 11.8 Å². The fourth-order valence-electron chi connectivity index (χ4n) is 7.11. The summed E-state index contributed by atoms with van der Waals surface area (Å²) in [5, 5.41) is 11.9. The number of thiazole rings is 1. The molecule has 0 saturated carbocycles. The average molecular weight is 775 g/mol. The highest BCUT2D eigenvalue weighted by Gasteiger charge is 2.43. The molecule has 0 spiro atoms. The Bertz CT molecular complexity index is 1450. The van der Waals surface area contributed by atoms with Crippen LogP contribution in [0.5, 0.6) is 0 Å². The molecule has 12 nitrogen and oxygen atoms in total. The van der Waals surface area contributed by atoms with E-state index >= 15 is 0 Å². The molecule has 14 heteroatoms. The van der Waals surface area contributed by atoms with Gasteiger partial charge in [-0.3, -0.25) is 19.2 Å². The molecule has 1 saturated heterocycles. The predicted molar refractivity (Wildman–Crippen MR) is 213 cm³/mol. The number of rotatable bonds is 21. The Kier molecular flexibility index (Phi) is 17.7. The molecule has 1 aliphatic heterocycles. The first-order valence-electron chi connectivity index (χ1n) is 18.6. The Labute approximate surface area is 324 Å². The minimum atomic E-state index is -0.858. The highest BCUT2D eigenvalue weighted by molar-refractivity contribution is 7.98. The van der Waals surface area contributed by atoms with Gasteiger partial charge < -0.3 is 35.2 Å². The minimum Gasteiger partial charge on any atom is -0.379 e. The molecule has 1 aliphatic rings. The van der Waals surface area contributed by atoms with Crippen LogP contribution >= 0.6 is 23.1 Å². The van der Waals surface area contributed by atoms with E-state index in [1.807, 2.05) is 67.6 Å². The van der Waals surface area contributed by atoms with E-state index in [0.29, 0.717) is 25.1 Å². The summed E-state index contributed by atoms with van der Waals surface area (Å²) in [5.41, 5.74) is 0.234. The van der Waals surface area contributed by atoms with E-state index in [0.717, 1.165) is 23.4 Å². The van der Waals surface area contributed by atoms with Crippen molar-refractivity contribution in [2.75, 3.05) is 46.9 Å². The highest BCUT2D eigenvalue weighted by Crippen LogP contribution is 2.30. The van der Waals surface area contributed by atoms with Gasteiger partial charge in [-0.25, -0.2) is 4.98 Å². The van der Waals surface area contributed by atoms with Gasteiger partial charge in [-0.15, -0.1) is 11.3 Å². The van der Waals surface area contributed by atoms with Crippen molar-refractivity contribution in [3.05, 3.63) is 52.5 Å². The van der Waals surface area contributed by atoms with E-state index in [2.05, 4.69) is 20.9 Å². The van der Waals surface area contributed by atoms with Crippen LogP contribution in [0.4, 0.5) is 0 Å². The predicted octanol–water partition coefficient (Wildman–Crippen LogP) is 4.31. The zero-order chi connectivity index (χ0) is 39.3. The molecule has 2 aromatic rings. The summed E-state index contributed by atoms with van der Waals surface area (Å²) >= 11 is 2.98. The Hall–Kier alpha value is -3.04. The summed E-state index contributed by atoms with van der Waals surface area (Å²) in [7, 11) is 6.60. The Morgan fingerprint density at radius 2 is 1.81 bits per heavy atom. The molecule has 1 aromatic carbocycles. The maximum Gasteiger partial charge on any atom is 0.246 e. The van der Waals surface area contributed by atoms with Gasteiger partial charge in [0.15, 0.2) is 0 Å². The van der Waals surface area contributed by atoms with Crippen LogP contribution < -0.4 is 16.0 Å². The van der Waals surface area contributed by atoms with Crippen molar-refractivity contribution in [2.45, 2.75) is 109 Å². The fourth-order valence-corrected chi connectivity index (χ4v) is 8.35. The lowest BCUT2D eigenvalue weighted by Crippen LogP contribution is -2.60. The molecule has 4 amide bonds. The second-order valence-electron chi connectivity index (χ2n) is 14.6. The van der Waals surface area contributed by atoms with Gasteiger partial charge in [0.2, 0.25) is 23.6 Å². The second-order valence-corrected chi connectivity index (χ2v) is 16.4. The fraction of sp³-hybridized carbons (Fsp3) is 0.667. The molecule has 8 atom stereocenters. The lowest BCUT2D eigenvalue weighted by Gasteiger charge is -2.40. The van der Waals surface area contributed by atoms with Crippen molar-refractivity contribution in [1.82, 2.24) is 30.7 Å². The van der Waals surface area contributed by atoms with Crippen molar-refractivity contribution >= 4 is 46.7 Å². The zero-order valence-corrected chi connectivity index (χ0v) is 34.9. The maximum absolute atomic E-state index is 14.2. The van der Waals surface area contributed by atoms with Gasteiger partial charge >= 0.3 is 0 Å². The summed E-state index contributed by atoms with van der Waals surface area (Å²) in [6.45, 7) is 10.0. The highest BCUT2D eigenvalue weighted by atomic mass is 32.2. The summed E-state index contributed by atoms with van der Waals surface area (Å²) in [6.07, 6.45) is 5.37. The molecule has 53 heavy (non-hydrogen) atoms. The number of likely N-dealkylation sites (tertiary alicyclic amines) is 1. The van der Waals surface area contributed by atoms with Crippen LogP contribution in [0.3, 0.4) is 0 Å². The molecule has 0 bridgehead atoms. The normalized spacial score (nSPS) is 18.7. The number of hydrogen-bond donors (Lipinski definition) is 3. The van der Waals surface area contributed by atoms with E-state index in [-0.39, 0.29) is 48.1 Å². The molecule has 1 aromatic heterocycles. The summed E-state index contributed by atoms with van der Waals surface area (Å²) in [5.74, 6) is -0.947. The molecule has 2 heterocycles. The molecule has 0 aliphatic carbocycles. The number of carbonyl (C=O) groups excluding carboxylic acids is 4. The Morgan fingerprint density at radius 1 is 1.11 bits per heavy atom. The first-order chi connectivity index (χ1) is 25.2. The number of hydrogen-bond acceptors (Lipinski definition) is 10. The molecule has 3 N–H and O–H groups in total. The Morgan fingerprint density at radius 3 is 2.38 bits per heavy atom. The van der Waals surface area contributed by atoms with Gasteiger partial charge in [-0.05, 0) is 57.9 Å². The number of benzene rings is 1. The first kappa shape index (κ1) is 44.4. The van der Waals surface area contributed by atoms with Gasteiger partial charge in [-0.1, -0.05) is 57.5 Å². The quantitative estimate of drug-likeness (QED) is 0.169. The van der Waals surface area contributed by atoms with Crippen LogP contribution in [0.1, 0.15) is 76.9 Å². The summed E-state index contributed by atoms with van der Waals surface area (Å²) in [6, 6.07) is 8.21. The molecule has 296 valence electrons. The summed E-state index contributed by atoms with van der Waals surface area (Å²) in [4.78, 5) is 63.2. The van der Waals surface area contributed by atoms with E-state index in [9.17, 15) is 19.2 Å². The monoisotopic (exact) mass is 774 g/mol. The van der Waals surface area contributed by atoms with Crippen molar-refractivity contribution in [1.29, 1.82) is 0 Å². The maximum atomic E-state index is 14.2. The van der Waals surface area contributed by atoms with E-state index in [4.69, 9.17) is 9.47 Å². The van der Waals surface area contributed by atoms with Crippen molar-refractivity contribution in [3.63, 3.8) is 0 Å². The van der Waals surface area contributed by atoms with Crippen LogP contribution in [0.25, 0.3) is 0 Å². The zero-order valence-electron chi connectivity index (χ0n) is 33.2. The SMILES string of the molecule is CC[C@H](C)[C@@H]([C@@H](CC(=O)N1CCC[C@H]1[C@H](OC)[C@@H](C)C(=O)N[C@@H](Cc1ccccc1)c1nccs1)OC)N(C)C(=O)[C@H](CSC)NC(=O)C(C)(C)NC.